The van der Waals surface area contributed by atoms with E-state index in [0.717, 1.165) is 6.42 Å². The third-order valence-corrected chi connectivity index (χ3v) is 2.98. The molecule has 0 aliphatic heterocycles. The Balaban J connectivity index is 2.36. The van der Waals surface area contributed by atoms with Crippen LogP contribution in [0.4, 0.5) is 0 Å². The standard InChI is InChI=1S/C14H13OP/c15-16-11-10-13-8-4-5-9-14(13)12-6-2-1-3-7-12/h1-9H,10-11H2. The average Bonchev–Trinajstić information content (AvgIpc) is 2.38. The molecule has 2 aromatic carbocycles. The summed E-state index contributed by atoms with van der Waals surface area (Å²) in [6.07, 6.45) is 1.54. The summed E-state index contributed by atoms with van der Waals surface area (Å²) in [6, 6.07) is 18.6. The van der Waals surface area contributed by atoms with Gasteiger partial charge in [-0.05, 0) is 23.1 Å². The topological polar surface area (TPSA) is 17.1 Å². The smallest absolute Gasteiger partial charge is 0.155 e. The summed E-state index contributed by atoms with van der Waals surface area (Å²) in [5, 5.41) is 0. The normalized spacial score (nSPS) is 10.5. The zero-order valence-corrected chi connectivity index (χ0v) is 9.86. The van der Waals surface area contributed by atoms with Gasteiger partial charge in [0.25, 0.3) is 0 Å². The zero-order valence-electron chi connectivity index (χ0n) is 8.97. The van der Waals surface area contributed by atoms with Gasteiger partial charge in [-0.3, -0.25) is 4.57 Å². The van der Waals surface area contributed by atoms with E-state index in [0.29, 0.717) is 6.16 Å². The van der Waals surface area contributed by atoms with Crippen molar-refractivity contribution < 1.29 is 4.57 Å². The van der Waals surface area contributed by atoms with E-state index in [9.17, 15) is 4.57 Å². The van der Waals surface area contributed by atoms with E-state index in [1.54, 1.807) is 0 Å². The summed E-state index contributed by atoms with van der Waals surface area (Å²) in [5.74, 6) is 0. The van der Waals surface area contributed by atoms with Crippen molar-refractivity contribution >= 4 is 8.46 Å². The van der Waals surface area contributed by atoms with Gasteiger partial charge >= 0.3 is 0 Å². The van der Waals surface area contributed by atoms with Crippen LogP contribution >= 0.6 is 8.46 Å². The van der Waals surface area contributed by atoms with E-state index < -0.39 is 0 Å². The Labute approximate surface area is 97.3 Å². The Morgan fingerprint density at radius 1 is 0.875 bits per heavy atom. The molecule has 0 amide bonds. The van der Waals surface area contributed by atoms with Crippen molar-refractivity contribution in [2.75, 3.05) is 6.16 Å². The van der Waals surface area contributed by atoms with Gasteiger partial charge in [-0.1, -0.05) is 54.6 Å². The Bertz CT molecular complexity index is 465. The molecule has 0 radical (unpaired) electrons. The van der Waals surface area contributed by atoms with Crippen molar-refractivity contribution in [2.24, 2.45) is 0 Å². The van der Waals surface area contributed by atoms with Crippen molar-refractivity contribution in [2.45, 2.75) is 6.42 Å². The first-order valence-corrected chi connectivity index (χ1v) is 6.34. The second-order valence-corrected chi connectivity index (χ2v) is 4.33. The Kier molecular flexibility index (Phi) is 3.85. The molecule has 0 aromatic heterocycles. The van der Waals surface area contributed by atoms with Crippen LogP contribution in [0.5, 0.6) is 0 Å². The highest BCUT2D eigenvalue weighted by molar-refractivity contribution is 7.23. The van der Waals surface area contributed by atoms with Gasteiger partial charge in [-0.15, -0.1) is 0 Å². The third kappa shape index (κ3) is 2.56. The fourth-order valence-electron chi connectivity index (χ4n) is 1.80. The van der Waals surface area contributed by atoms with Crippen LogP contribution in [-0.4, -0.2) is 6.16 Å². The van der Waals surface area contributed by atoms with Crippen LogP contribution in [0.3, 0.4) is 0 Å². The Hall–Kier alpha value is -1.46. The molecule has 0 aliphatic rings. The van der Waals surface area contributed by atoms with Gasteiger partial charge in [0.2, 0.25) is 0 Å². The van der Waals surface area contributed by atoms with Crippen molar-refractivity contribution in [3.8, 4) is 11.1 Å². The largest absolute Gasteiger partial charge is 0.275 e. The van der Waals surface area contributed by atoms with E-state index in [1.165, 1.54) is 16.7 Å². The van der Waals surface area contributed by atoms with Gasteiger partial charge in [0.15, 0.2) is 8.46 Å². The van der Waals surface area contributed by atoms with E-state index in [-0.39, 0.29) is 8.46 Å². The maximum absolute atomic E-state index is 10.5. The SMILES string of the molecule is O=PCCc1ccccc1-c1ccccc1. The monoisotopic (exact) mass is 228 g/mol. The van der Waals surface area contributed by atoms with Crippen LogP contribution < -0.4 is 0 Å². The van der Waals surface area contributed by atoms with Crippen LogP contribution in [0.25, 0.3) is 11.1 Å². The quantitative estimate of drug-likeness (QED) is 0.717. The molecule has 2 aromatic rings. The first-order valence-electron chi connectivity index (χ1n) is 5.34. The summed E-state index contributed by atoms with van der Waals surface area (Å²) in [4.78, 5) is 0. The van der Waals surface area contributed by atoms with Crippen molar-refractivity contribution in [3.05, 3.63) is 60.2 Å². The number of hydrogen-bond donors (Lipinski definition) is 0. The molecule has 2 heteroatoms. The second kappa shape index (κ2) is 5.58. The second-order valence-electron chi connectivity index (χ2n) is 3.63. The molecule has 80 valence electrons. The lowest BCUT2D eigenvalue weighted by Gasteiger charge is -2.07. The average molecular weight is 228 g/mol. The van der Waals surface area contributed by atoms with E-state index in [1.807, 2.05) is 30.3 Å². The van der Waals surface area contributed by atoms with Gasteiger partial charge < -0.3 is 0 Å². The molecular formula is C14H13OP. The molecule has 0 bridgehead atoms. The highest BCUT2D eigenvalue weighted by Crippen LogP contribution is 2.24. The fraction of sp³-hybridized carbons (Fsp3) is 0.143. The molecule has 0 spiro atoms. The van der Waals surface area contributed by atoms with E-state index in [4.69, 9.17) is 0 Å². The third-order valence-electron chi connectivity index (χ3n) is 2.57. The molecule has 0 fully saturated rings. The summed E-state index contributed by atoms with van der Waals surface area (Å²) in [6.45, 7) is 0. The maximum atomic E-state index is 10.5. The Morgan fingerprint density at radius 2 is 1.56 bits per heavy atom. The minimum Gasteiger partial charge on any atom is -0.275 e. The molecule has 0 N–H and O–H groups in total. The number of aryl methyl sites for hydroxylation is 1. The molecule has 0 saturated carbocycles. The van der Waals surface area contributed by atoms with Crippen molar-refractivity contribution in [3.63, 3.8) is 0 Å². The van der Waals surface area contributed by atoms with Crippen LogP contribution in [0.1, 0.15) is 5.56 Å². The Morgan fingerprint density at radius 3 is 2.31 bits per heavy atom. The van der Waals surface area contributed by atoms with Gasteiger partial charge in [-0.25, -0.2) is 0 Å². The van der Waals surface area contributed by atoms with Gasteiger partial charge in [0, 0.05) is 6.16 Å². The first-order chi connectivity index (χ1) is 7.92. The highest BCUT2D eigenvalue weighted by atomic mass is 31.1. The molecule has 0 aliphatic carbocycles. The lowest BCUT2D eigenvalue weighted by atomic mass is 9.98. The summed E-state index contributed by atoms with van der Waals surface area (Å²) >= 11 is 0. The number of hydrogen-bond acceptors (Lipinski definition) is 1. The fourth-order valence-corrected chi connectivity index (χ4v) is 2.14. The van der Waals surface area contributed by atoms with Crippen LogP contribution in [0, 0.1) is 0 Å². The molecular weight excluding hydrogens is 215 g/mol. The van der Waals surface area contributed by atoms with Gasteiger partial charge in [-0.2, -0.15) is 0 Å². The van der Waals surface area contributed by atoms with Crippen LogP contribution in [0.2, 0.25) is 0 Å². The van der Waals surface area contributed by atoms with Crippen molar-refractivity contribution in [1.29, 1.82) is 0 Å². The summed E-state index contributed by atoms with van der Waals surface area (Å²) in [7, 11) is 0.219. The minimum atomic E-state index is 0.219. The molecule has 0 heterocycles. The van der Waals surface area contributed by atoms with Crippen molar-refractivity contribution in [1.82, 2.24) is 0 Å². The van der Waals surface area contributed by atoms with Crippen LogP contribution in [-0.2, 0) is 11.0 Å². The zero-order chi connectivity index (χ0) is 11.2. The molecule has 1 nitrogen and oxygen atoms in total. The lowest BCUT2D eigenvalue weighted by Crippen LogP contribution is -1.90. The predicted molar refractivity (Wildman–Crippen MR) is 68.1 cm³/mol. The molecule has 0 unspecified atom stereocenters. The number of benzene rings is 2. The molecule has 16 heavy (non-hydrogen) atoms. The molecule has 0 saturated heterocycles. The van der Waals surface area contributed by atoms with E-state index in [2.05, 4.69) is 24.3 Å². The maximum Gasteiger partial charge on any atom is 0.155 e. The highest BCUT2D eigenvalue weighted by Gasteiger charge is 2.03. The van der Waals surface area contributed by atoms with E-state index >= 15 is 0 Å². The summed E-state index contributed by atoms with van der Waals surface area (Å²) < 4.78 is 10.5. The van der Waals surface area contributed by atoms with Gasteiger partial charge in [0.05, 0.1) is 0 Å². The predicted octanol–water partition coefficient (Wildman–Crippen LogP) is 4.19. The van der Waals surface area contributed by atoms with Crippen LogP contribution in [0.15, 0.2) is 54.6 Å². The summed E-state index contributed by atoms with van der Waals surface area (Å²) in [5.41, 5.74) is 3.73. The minimum absolute atomic E-state index is 0.219. The van der Waals surface area contributed by atoms with Gasteiger partial charge in [0.1, 0.15) is 0 Å². The number of rotatable bonds is 4. The first kappa shape index (κ1) is 11.0. The lowest BCUT2D eigenvalue weighted by molar-refractivity contribution is 0.598. The molecule has 2 rings (SSSR count). The molecule has 0 atom stereocenters.